The molecule has 30 heavy (non-hydrogen) atoms. The first-order chi connectivity index (χ1) is 14.2. The molecule has 2 heterocycles. The van der Waals surface area contributed by atoms with E-state index < -0.39 is 0 Å². The highest BCUT2D eigenvalue weighted by Gasteiger charge is 2.17. The maximum Gasteiger partial charge on any atom is 0.191 e. The Kier molecular flexibility index (Phi) is 11.2. The third-order valence-electron chi connectivity index (χ3n) is 5.53. The molecule has 7 heteroatoms. The maximum atomic E-state index is 4.74. The van der Waals surface area contributed by atoms with Crippen LogP contribution in [0.1, 0.15) is 50.7 Å². The van der Waals surface area contributed by atoms with E-state index in [1.807, 2.05) is 23.1 Å². The lowest BCUT2D eigenvalue weighted by molar-refractivity contribution is 0.152. The second kappa shape index (κ2) is 13.6. The second-order valence-electron chi connectivity index (χ2n) is 7.88. The molecule has 1 aromatic heterocycles. The van der Waals surface area contributed by atoms with Gasteiger partial charge in [0.05, 0.1) is 6.54 Å². The first-order valence-corrected chi connectivity index (χ1v) is 11.1. The fraction of sp³-hybridized carbons (Fsp3) is 0.565. The Morgan fingerprint density at radius 3 is 2.67 bits per heavy atom. The number of piperidine rings is 1. The summed E-state index contributed by atoms with van der Waals surface area (Å²) in [4.78, 5) is 7.34. The van der Waals surface area contributed by atoms with Gasteiger partial charge in [0.15, 0.2) is 5.96 Å². The van der Waals surface area contributed by atoms with Crippen LogP contribution in [0.2, 0.25) is 0 Å². The molecule has 0 radical (unpaired) electrons. The summed E-state index contributed by atoms with van der Waals surface area (Å²) in [7, 11) is 0. The molecule has 1 aromatic carbocycles. The molecule has 3 rings (SSSR count). The van der Waals surface area contributed by atoms with Crippen LogP contribution in [0.3, 0.4) is 0 Å². The van der Waals surface area contributed by atoms with Crippen LogP contribution in [-0.2, 0) is 19.6 Å². The molecule has 0 amide bonds. The van der Waals surface area contributed by atoms with E-state index in [0.717, 1.165) is 38.6 Å². The zero-order valence-corrected chi connectivity index (χ0v) is 20.7. The highest BCUT2D eigenvalue weighted by Crippen LogP contribution is 2.19. The predicted molar refractivity (Wildman–Crippen MR) is 135 cm³/mol. The number of aryl methyl sites for hydroxylation is 1. The van der Waals surface area contributed by atoms with E-state index in [4.69, 9.17) is 4.99 Å². The summed E-state index contributed by atoms with van der Waals surface area (Å²) >= 11 is 0. The second-order valence-corrected chi connectivity index (χ2v) is 7.88. The molecule has 2 N–H and O–H groups in total. The van der Waals surface area contributed by atoms with Gasteiger partial charge in [-0.2, -0.15) is 5.10 Å². The van der Waals surface area contributed by atoms with Gasteiger partial charge in [-0.25, -0.2) is 4.99 Å². The van der Waals surface area contributed by atoms with E-state index in [-0.39, 0.29) is 24.0 Å². The van der Waals surface area contributed by atoms with Crippen molar-refractivity contribution in [1.82, 2.24) is 25.3 Å². The normalized spacial score (nSPS) is 17.4. The van der Waals surface area contributed by atoms with E-state index in [9.17, 15) is 0 Å². The number of hydrogen-bond acceptors (Lipinski definition) is 3. The number of nitrogens with zero attached hydrogens (tertiary/aromatic N) is 4. The molecule has 1 aliphatic heterocycles. The van der Waals surface area contributed by atoms with Gasteiger partial charge in [0.25, 0.3) is 0 Å². The Labute approximate surface area is 198 Å². The number of halogens is 1. The first kappa shape index (κ1) is 24.7. The van der Waals surface area contributed by atoms with Crippen LogP contribution in [0, 0.1) is 0 Å². The van der Waals surface area contributed by atoms with Gasteiger partial charge >= 0.3 is 0 Å². The topological polar surface area (TPSA) is 57.5 Å². The molecule has 1 saturated heterocycles. The number of benzene rings is 1. The Balaban J connectivity index is 0.00000320. The lowest BCUT2D eigenvalue weighted by atomic mass is 10.0. The van der Waals surface area contributed by atoms with Gasteiger partial charge in [0.2, 0.25) is 0 Å². The standard InChI is InChI=1S/C23H36N6.HI/c1-3-24-23(25-13-6-16-29-17-7-14-27-29)26-18-21-9-11-22(12-10-21)19-28-15-5-4-8-20(28)2;/h7,9-12,14,17,20H,3-6,8,13,15-16,18-19H2,1-2H3,(H2,24,25,26);1H. The highest BCUT2D eigenvalue weighted by molar-refractivity contribution is 14.0. The van der Waals surface area contributed by atoms with Crippen molar-refractivity contribution in [1.29, 1.82) is 0 Å². The first-order valence-electron chi connectivity index (χ1n) is 11.1. The van der Waals surface area contributed by atoms with Crippen LogP contribution >= 0.6 is 24.0 Å². The molecule has 166 valence electrons. The maximum absolute atomic E-state index is 4.74. The molecular formula is C23H37IN6. The number of likely N-dealkylation sites (tertiary alicyclic amines) is 1. The monoisotopic (exact) mass is 524 g/mol. The Hall–Kier alpha value is -1.61. The van der Waals surface area contributed by atoms with Crippen molar-refractivity contribution in [2.24, 2.45) is 4.99 Å². The van der Waals surface area contributed by atoms with Gasteiger partial charge in [-0.05, 0) is 56.8 Å². The summed E-state index contributed by atoms with van der Waals surface area (Å²) in [6.45, 7) is 10.1. The largest absolute Gasteiger partial charge is 0.357 e. The molecule has 0 bridgehead atoms. The number of guanidine groups is 1. The van der Waals surface area contributed by atoms with Crippen LogP contribution < -0.4 is 10.6 Å². The third kappa shape index (κ3) is 8.26. The van der Waals surface area contributed by atoms with Gasteiger partial charge in [-0.3, -0.25) is 9.58 Å². The molecule has 1 unspecified atom stereocenters. The van der Waals surface area contributed by atoms with E-state index in [2.05, 4.69) is 58.7 Å². The van der Waals surface area contributed by atoms with Crippen molar-refractivity contribution in [3.63, 3.8) is 0 Å². The quantitative estimate of drug-likeness (QED) is 0.225. The minimum atomic E-state index is 0. The average molecular weight is 524 g/mol. The van der Waals surface area contributed by atoms with E-state index in [1.165, 1.54) is 36.9 Å². The Bertz CT molecular complexity index is 729. The van der Waals surface area contributed by atoms with Crippen LogP contribution in [0.15, 0.2) is 47.7 Å². The van der Waals surface area contributed by atoms with Gasteiger partial charge in [-0.15, -0.1) is 24.0 Å². The lowest BCUT2D eigenvalue weighted by Crippen LogP contribution is -2.38. The van der Waals surface area contributed by atoms with Crippen molar-refractivity contribution < 1.29 is 0 Å². The number of rotatable bonds is 9. The molecule has 1 atom stereocenters. The summed E-state index contributed by atoms with van der Waals surface area (Å²) in [5.74, 6) is 0.874. The molecule has 0 saturated carbocycles. The molecule has 2 aromatic rings. The van der Waals surface area contributed by atoms with Crippen LogP contribution in [-0.4, -0.2) is 46.3 Å². The SMILES string of the molecule is CCNC(=NCc1ccc(CN2CCCCC2C)cc1)NCCCn1cccn1.I. The lowest BCUT2D eigenvalue weighted by Gasteiger charge is -2.33. The summed E-state index contributed by atoms with van der Waals surface area (Å²) in [5.41, 5.74) is 2.64. The number of nitrogens with one attached hydrogen (secondary N) is 2. The summed E-state index contributed by atoms with van der Waals surface area (Å²) in [5, 5.41) is 11.0. The molecule has 0 aliphatic carbocycles. The minimum Gasteiger partial charge on any atom is -0.357 e. The average Bonchev–Trinajstić information content (AvgIpc) is 3.25. The minimum absolute atomic E-state index is 0. The summed E-state index contributed by atoms with van der Waals surface area (Å²) in [6.07, 6.45) is 8.86. The Morgan fingerprint density at radius 1 is 1.17 bits per heavy atom. The van der Waals surface area contributed by atoms with Gasteiger partial charge in [0.1, 0.15) is 0 Å². The Morgan fingerprint density at radius 2 is 1.97 bits per heavy atom. The summed E-state index contributed by atoms with van der Waals surface area (Å²) < 4.78 is 1.96. The van der Waals surface area contributed by atoms with Crippen LogP contribution in [0.4, 0.5) is 0 Å². The highest BCUT2D eigenvalue weighted by atomic mass is 127. The molecule has 1 aliphatic rings. The van der Waals surface area contributed by atoms with Gasteiger partial charge in [-0.1, -0.05) is 30.7 Å². The number of aliphatic imine (C=N–C) groups is 1. The van der Waals surface area contributed by atoms with E-state index in [0.29, 0.717) is 12.6 Å². The van der Waals surface area contributed by atoms with Crippen molar-refractivity contribution in [2.75, 3.05) is 19.6 Å². The summed E-state index contributed by atoms with van der Waals surface area (Å²) in [6, 6.07) is 11.6. The number of hydrogen-bond donors (Lipinski definition) is 2. The van der Waals surface area contributed by atoms with Gasteiger partial charge < -0.3 is 10.6 Å². The van der Waals surface area contributed by atoms with Crippen molar-refractivity contribution in [3.05, 3.63) is 53.9 Å². The van der Waals surface area contributed by atoms with Crippen LogP contribution in [0.5, 0.6) is 0 Å². The smallest absolute Gasteiger partial charge is 0.191 e. The van der Waals surface area contributed by atoms with E-state index >= 15 is 0 Å². The van der Waals surface area contributed by atoms with Gasteiger partial charge in [0, 0.05) is 44.6 Å². The van der Waals surface area contributed by atoms with Crippen molar-refractivity contribution in [3.8, 4) is 0 Å². The number of aromatic nitrogens is 2. The zero-order chi connectivity index (χ0) is 20.3. The molecular weight excluding hydrogens is 487 g/mol. The zero-order valence-electron chi connectivity index (χ0n) is 18.4. The van der Waals surface area contributed by atoms with Crippen molar-refractivity contribution in [2.45, 2.75) is 65.2 Å². The molecule has 6 nitrogen and oxygen atoms in total. The van der Waals surface area contributed by atoms with E-state index in [1.54, 1.807) is 0 Å². The third-order valence-corrected chi connectivity index (χ3v) is 5.53. The van der Waals surface area contributed by atoms with Crippen molar-refractivity contribution >= 4 is 29.9 Å². The van der Waals surface area contributed by atoms with Crippen LogP contribution in [0.25, 0.3) is 0 Å². The molecule has 0 spiro atoms. The fourth-order valence-electron chi connectivity index (χ4n) is 3.77. The predicted octanol–water partition coefficient (Wildman–Crippen LogP) is 4.02. The fourth-order valence-corrected chi connectivity index (χ4v) is 3.77. The molecule has 1 fully saturated rings.